The van der Waals surface area contributed by atoms with Gasteiger partial charge in [0.05, 0.1) is 30.5 Å². The average molecular weight is 355 g/mol. The number of rotatable bonds is 4. The lowest BCUT2D eigenvalue weighted by molar-refractivity contribution is -0.00443. The number of hydrogen-bond acceptors (Lipinski definition) is 6. The van der Waals surface area contributed by atoms with Gasteiger partial charge in [0.1, 0.15) is 13.2 Å². The van der Waals surface area contributed by atoms with E-state index in [0.29, 0.717) is 50.0 Å². The van der Waals surface area contributed by atoms with Crippen molar-refractivity contribution in [1.29, 1.82) is 0 Å². The van der Waals surface area contributed by atoms with E-state index in [2.05, 4.69) is 9.97 Å². The van der Waals surface area contributed by atoms with Gasteiger partial charge in [-0.15, -0.1) is 0 Å². The van der Waals surface area contributed by atoms with E-state index in [-0.39, 0.29) is 11.9 Å². The van der Waals surface area contributed by atoms with E-state index in [1.165, 1.54) is 0 Å². The van der Waals surface area contributed by atoms with Gasteiger partial charge in [-0.25, -0.2) is 0 Å². The Bertz CT molecular complexity index is 769. The summed E-state index contributed by atoms with van der Waals surface area (Å²) in [6, 6.07) is 5.45. The second-order valence-electron chi connectivity index (χ2n) is 6.29. The Kier molecular flexibility index (Phi) is 4.97. The summed E-state index contributed by atoms with van der Waals surface area (Å²) in [4.78, 5) is 23.5. The first-order valence-electron chi connectivity index (χ1n) is 8.85. The van der Waals surface area contributed by atoms with E-state index < -0.39 is 0 Å². The van der Waals surface area contributed by atoms with Crippen LogP contribution in [0.5, 0.6) is 11.5 Å². The van der Waals surface area contributed by atoms with E-state index in [1.54, 1.807) is 24.7 Å². The number of nitrogens with zero attached hydrogens (tertiary/aromatic N) is 3. The van der Waals surface area contributed by atoms with Gasteiger partial charge < -0.3 is 19.1 Å². The summed E-state index contributed by atoms with van der Waals surface area (Å²) in [6.45, 7) is 2.59. The summed E-state index contributed by atoms with van der Waals surface area (Å²) in [5.41, 5.74) is 1.47. The van der Waals surface area contributed by atoms with Crippen LogP contribution >= 0.6 is 0 Å². The predicted molar refractivity (Wildman–Crippen MR) is 93.4 cm³/mol. The second-order valence-corrected chi connectivity index (χ2v) is 6.29. The van der Waals surface area contributed by atoms with Gasteiger partial charge in [-0.1, -0.05) is 6.07 Å². The molecule has 2 aliphatic heterocycles. The second kappa shape index (κ2) is 7.70. The molecule has 1 aromatic heterocycles. The molecule has 0 aliphatic carbocycles. The number of morpholine rings is 1. The molecule has 0 radical (unpaired) electrons. The number of carbonyl (C=O) groups is 1. The number of ether oxygens (including phenoxy) is 3. The van der Waals surface area contributed by atoms with Crippen molar-refractivity contribution in [3.05, 3.63) is 48.0 Å². The zero-order valence-corrected chi connectivity index (χ0v) is 14.5. The van der Waals surface area contributed by atoms with Crippen molar-refractivity contribution in [2.75, 3.05) is 33.0 Å². The smallest absolute Gasteiger partial charge is 0.258 e. The highest BCUT2D eigenvalue weighted by Crippen LogP contribution is 2.34. The number of aryl methyl sites for hydroxylation is 1. The van der Waals surface area contributed by atoms with Crippen LogP contribution in [0.25, 0.3) is 0 Å². The average Bonchev–Trinajstić information content (AvgIpc) is 2.72. The molecule has 4 rings (SSSR count). The molecule has 0 N–H and O–H groups in total. The standard InChI is InChI=1S/C19H21N3O4/c23-19(16-2-1-3-17-18(16)26-11-10-25-17)22-8-9-24-13-15(22)5-4-14-12-20-6-7-21-14/h1-3,6-7,12,15H,4-5,8-11,13H2. The first-order chi connectivity index (χ1) is 12.8. The molecule has 7 nitrogen and oxygen atoms in total. The van der Waals surface area contributed by atoms with Gasteiger partial charge in [-0.3, -0.25) is 14.8 Å². The molecule has 1 amide bonds. The summed E-state index contributed by atoms with van der Waals surface area (Å²) in [7, 11) is 0. The van der Waals surface area contributed by atoms with Crippen LogP contribution in [-0.4, -0.2) is 59.8 Å². The highest BCUT2D eigenvalue weighted by atomic mass is 16.6. The topological polar surface area (TPSA) is 73.8 Å². The normalized spacial score (nSPS) is 19.2. The van der Waals surface area contributed by atoms with Crippen molar-refractivity contribution in [2.45, 2.75) is 18.9 Å². The van der Waals surface area contributed by atoms with E-state index in [4.69, 9.17) is 14.2 Å². The van der Waals surface area contributed by atoms with Crippen molar-refractivity contribution in [2.24, 2.45) is 0 Å². The van der Waals surface area contributed by atoms with Gasteiger partial charge in [0.2, 0.25) is 0 Å². The number of amides is 1. The number of aromatic nitrogens is 2. The third kappa shape index (κ3) is 3.48. The maximum Gasteiger partial charge on any atom is 0.258 e. The Hall–Kier alpha value is -2.67. The van der Waals surface area contributed by atoms with Crippen LogP contribution in [0.3, 0.4) is 0 Å². The van der Waals surface area contributed by atoms with Crippen LogP contribution in [0.1, 0.15) is 22.5 Å². The van der Waals surface area contributed by atoms with Gasteiger partial charge in [0, 0.05) is 25.1 Å². The zero-order chi connectivity index (χ0) is 17.8. The predicted octanol–water partition coefficient (Wildman–Crippen LogP) is 1.72. The van der Waals surface area contributed by atoms with Crippen LogP contribution in [0.2, 0.25) is 0 Å². The quantitative estimate of drug-likeness (QED) is 0.831. The highest BCUT2D eigenvalue weighted by molar-refractivity contribution is 5.98. The summed E-state index contributed by atoms with van der Waals surface area (Å²) >= 11 is 0. The highest BCUT2D eigenvalue weighted by Gasteiger charge is 2.31. The molecule has 0 bridgehead atoms. The lowest BCUT2D eigenvalue weighted by atomic mass is 10.0. The molecule has 3 heterocycles. The van der Waals surface area contributed by atoms with Gasteiger partial charge in [-0.2, -0.15) is 0 Å². The summed E-state index contributed by atoms with van der Waals surface area (Å²) in [5.74, 6) is 1.13. The first-order valence-corrected chi connectivity index (χ1v) is 8.85. The van der Waals surface area contributed by atoms with Crippen molar-refractivity contribution in [3.63, 3.8) is 0 Å². The van der Waals surface area contributed by atoms with E-state index in [9.17, 15) is 4.79 Å². The minimum Gasteiger partial charge on any atom is -0.486 e. The zero-order valence-electron chi connectivity index (χ0n) is 14.5. The number of hydrogen-bond donors (Lipinski definition) is 0. The molecule has 2 aromatic rings. The van der Waals surface area contributed by atoms with Crippen molar-refractivity contribution < 1.29 is 19.0 Å². The molecule has 0 spiro atoms. The van der Waals surface area contributed by atoms with Gasteiger partial charge in [0.15, 0.2) is 11.5 Å². The summed E-state index contributed by atoms with van der Waals surface area (Å²) in [6.07, 6.45) is 6.62. The Labute approximate surface area is 151 Å². The fraction of sp³-hybridized carbons (Fsp3) is 0.421. The minimum absolute atomic E-state index is 0.00128. The lowest BCUT2D eigenvalue weighted by Crippen LogP contribution is -2.49. The third-order valence-electron chi connectivity index (χ3n) is 4.64. The van der Waals surface area contributed by atoms with Gasteiger partial charge in [-0.05, 0) is 25.0 Å². The molecule has 136 valence electrons. The summed E-state index contributed by atoms with van der Waals surface area (Å²) < 4.78 is 16.9. The van der Waals surface area contributed by atoms with Crippen LogP contribution < -0.4 is 9.47 Å². The van der Waals surface area contributed by atoms with Crippen LogP contribution in [0.4, 0.5) is 0 Å². The largest absolute Gasteiger partial charge is 0.486 e. The SMILES string of the molecule is O=C(c1cccc2c1OCCO2)N1CCOCC1CCc1cnccn1. The Morgan fingerprint density at radius 2 is 2.12 bits per heavy atom. The third-order valence-corrected chi connectivity index (χ3v) is 4.64. The minimum atomic E-state index is -0.0419. The molecule has 1 saturated heterocycles. The molecule has 26 heavy (non-hydrogen) atoms. The molecule has 1 atom stereocenters. The van der Waals surface area contributed by atoms with E-state index in [1.807, 2.05) is 17.0 Å². The molecule has 1 aromatic carbocycles. The van der Waals surface area contributed by atoms with Crippen molar-refractivity contribution in [3.8, 4) is 11.5 Å². The van der Waals surface area contributed by atoms with E-state index >= 15 is 0 Å². The van der Waals surface area contributed by atoms with Crippen LogP contribution in [0.15, 0.2) is 36.8 Å². The molecular weight excluding hydrogens is 334 g/mol. The fourth-order valence-corrected chi connectivity index (χ4v) is 3.33. The van der Waals surface area contributed by atoms with Gasteiger partial charge >= 0.3 is 0 Å². The number of para-hydroxylation sites is 1. The van der Waals surface area contributed by atoms with Crippen molar-refractivity contribution >= 4 is 5.91 Å². The maximum absolute atomic E-state index is 13.2. The van der Waals surface area contributed by atoms with E-state index in [0.717, 1.165) is 18.5 Å². The fourth-order valence-electron chi connectivity index (χ4n) is 3.33. The number of fused-ring (bicyclic) bond motifs is 1. The van der Waals surface area contributed by atoms with Gasteiger partial charge in [0.25, 0.3) is 5.91 Å². The monoisotopic (exact) mass is 355 g/mol. The molecule has 0 saturated carbocycles. The molecule has 1 fully saturated rings. The Morgan fingerprint density at radius 1 is 1.19 bits per heavy atom. The Morgan fingerprint density at radius 3 is 3.00 bits per heavy atom. The summed E-state index contributed by atoms with van der Waals surface area (Å²) in [5, 5.41) is 0. The lowest BCUT2D eigenvalue weighted by Gasteiger charge is -2.36. The maximum atomic E-state index is 13.2. The molecule has 7 heteroatoms. The van der Waals surface area contributed by atoms with Crippen LogP contribution in [-0.2, 0) is 11.2 Å². The molecule has 2 aliphatic rings. The first kappa shape index (κ1) is 16.8. The van der Waals surface area contributed by atoms with Crippen LogP contribution in [0, 0.1) is 0 Å². The van der Waals surface area contributed by atoms with Crippen molar-refractivity contribution in [1.82, 2.24) is 14.9 Å². The molecular formula is C19H21N3O4. The number of carbonyl (C=O) groups excluding carboxylic acids is 1. The Balaban J connectivity index is 1.52. The molecule has 1 unspecified atom stereocenters. The number of benzene rings is 1.